The second-order valence-corrected chi connectivity index (χ2v) is 0.779. The lowest BCUT2D eigenvalue weighted by Crippen LogP contribution is -2.26. The summed E-state index contributed by atoms with van der Waals surface area (Å²) in [5.41, 5.74) is 1.70. The van der Waals surface area contributed by atoms with E-state index in [0.717, 1.165) is 0 Å². The number of hydrogen-bond donors (Lipinski definition) is 2. The van der Waals surface area contributed by atoms with Gasteiger partial charge in [-0.1, -0.05) is 16.7 Å². The predicted molar refractivity (Wildman–Crippen MR) is 26.4 cm³/mol. The molecule has 0 radical (unpaired) electrons. The number of hydrazine groups is 1. The first-order valence-corrected chi connectivity index (χ1v) is 1.68. The molecule has 0 rings (SSSR count). The fourth-order valence-electron chi connectivity index (χ4n) is 0.103. The molecule has 0 saturated carbocycles. The van der Waals surface area contributed by atoms with E-state index in [0.29, 0.717) is 0 Å². The number of nitrogens with one attached hydrogen (secondary N) is 1. The molecule has 42 valence electrons. The Bertz CT molecular complexity index is 144. The van der Waals surface area contributed by atoms with Gasteiger partial charge in [0.25, 0.3) is 0 Å². The van der Waals surface area contributed by atoms with Gasteiger partial charge < -0.3 is 0 Å². The minimum atomic E-state index is -0.761. The average Bonchev–Trinajstić information content (AvgIpc) is 1.83. The summed E-state index contributed by atoms with van der Waals surface area (Å²) >= 11 is 0. The van der Waals surface area contributed by atoms with Crippen LogP contribution in [0.1, 0.15) is 0 Å². The zero-order chi connectivity index (χ0) is 6.41. The molecule has 0 saturated heterocycles. The Balaban J connectivity index is 3.57. The summed E-state index contributed by atoms with van der Waals surface area (Å²) in [6.45, 7) is 0. The number of carbonyl (C=O) groups excluding carboxylic acids is 1. The van der Waals surface area contributed by atoms with Crippen molar-refractivity contribution in [3.63, 3.8) is 0 Å². The lowest BCUT2D eigenvalue weighted by atomic mass is 11.1. The van der Waals surface area contributed by atoms with Gasteiger partial charge in [-0.15, -0.1) is 0 Å². The Morgan fingerprint density at radius 2 is 2.50 bits per heavy atom. The van der Waals surface area contributed by atoms with Gasteiger partial charge in [-0.05, 0) is 0 Å². The van der Waals surface area contributed by atoms with Crippen molar-refractivity contribution in [3.8, 4) is 12.5 Å². The van der Waals surface area contributed by atoms with Gasteiger partial charge in [-0.25, -0.2) is 10.6 Å². The van der Waals surface area contributed by atoms with Gasteiger partial charge in [-0.3, -0.25) is 5.43 Å². The maximum atomic E-state index is 9.98. The first kappa shape index (κ1) is 6.59. The molecule has 0 atom stereocenters. The minimum Gasteiger partial charge on any atom is -0.273 e. The van der Waals surface area contributed by atoms with Crippen LogP contribution in [-0.2, 0) is 0 Å². The van der Waals surface area contributed by atoms with E-state index in [1.807, 2.05) is 0 Å². The van der Waals surface area contributed by atoms with Crippen molar-refractivity contribution in [1.29, 1.82) is 0 Å². The van der Waals surface area contributed by atoms with E-state index in [1.54, 1.807) is 11.5 Å². The highest BCUT2D eigenvalue weighted by Gasteiger charge is 1.86. The lowest BCUT2D eigenvalue weighted by Gasteiger charge is -1.82. The smallest absolute Gasteiger partial charge is 0.273 e. The van der Waals surface area contributed by atoms with Crippen LogP contribution in [0.2, 0.25) is 0 Å². The van der Waals surface area contributed by atoms with Gasteiger partial charge >= 0.3 is 6.03 Å². The first-order valence-electron chi connectivity index (χ1n) is 1.68. The van der Waals surface area contributed by atoms with Crippen LogP contribution in [0.15, 0.2) is 10.2 Å². The Morgan fingerprint density at radius 3 is 2.88 bits per heavy atom. The van der Waals surface area contributed by atoms with Crippen LogP contribution >= 0.6 is 0 Å². The number of carbonyl (C=O) groups is 1. The van der Waals surface area contributed by atoms with Gasteiger partial charge in [0, 0.05) is 0 Å². The molecule has 0 aliphatic rings. The Labute approximate surface area is 45.9 Å². The topological polar surface area (TPSA) is 79.8 Å². The molecule has 0 unspecified atom stereocenters. The van der Waals surface area contributed by atoms with Crippen molar-refractivity contribution in [2.45, 2.75) is 0 Å². The van der Waals surface area contributed by atoms with Crippen LogP contribution < -0.4 is 11.3 Å². The maximum absolute atomic E-state index is 9.98. The predicted octanol–water partition coefficient (Wildman–Crippen LogP) is -0.387. The number of nitrogens with zero attached hydrogens (tertiary/aromatic N) is 2. The molecular weight excluding hydrogens is 108 g/mol. The van der Waals surface area contributed by atoms with Crippen molar-refractivity contribution in [2.24, 2.45) is 16.1 Å². The van der Waals surface area contributed by atoms with E-state index in [-0.39, 0.29) is 0 Å². The number of urea groups is 1. The number of terminal acetylenes is 1. The SMILES string of the molecule is C#CN=NC(=O)NN. The second kappa shape index (κ2) is 3.77. The highest BCUT2D eigenvalue weighted by molar-refractivity contribution is 5.73. The Hall–Kier alpha value is -1.41. The third kappa shape index (κ3) is 2.81. The third-order valence-electron chi connectivity index (χ3n) is 0.322. The minimum absolute atomic E-state index is 0.761. The summed E-state index contributed by atoms with van der Waals surface area (Å²) in [5, 5.41) is 5.78. The summed E-state index contributed by atoms with van der Waals surface area (Å²) in [4.78, 5) is 9.98. The molecule has 0 bridgehead atoms. The zero-order valence-electron chi connectivity index (χ0n) is 3.96. The first-order chi connectivity index (χ1) is 3.81. The van der Waals surface area contributed by atoms with E-state index < -0.39 is 6.03 Å². The van der Waals surface area contributed by atoms with Crippen LogP contribution in [-0.4, -0.2) is 6.03 Å². The van der Waals surface area contributed by atoms with Crippen LogP contribution in [0.25, 0.3) is 0 Å². The molecule has 0 fully saturated rings. The van der Waals surface area contributed by atoms with Crippen molar-refractivity contribution in [1.82, 2.24) is 5.43 Å². The van der Waals surface area contributed by atoms with E-state index in [4.69, 9.17) is 0 Å². The summed E-state index contributed by atoms with van der Waals surface area (Å²) in [6.07, 6.45) is 4.60. The fourth-order valence-corrected chi connectivity index (χ4v) is 0.103. The maximum Gasteiger partial charge on any atom is 0.374 e. The molecule has 3 N–H and O–H groups in total. The van der Waals surface area contributed by atoms with E-state index in [1.165, 1.54) is 0 Å². The van der Waals surface area contributed by atoms with Gasteiger partial charge in [0.1, 0.15) is 0 Å². The normalized spacial score (nSPS) is 8.50. The van der Waals surface area contributed by atoms with E-state index in [2.05, 4.69) is 22.5 Å². The molecular formula is C3H4N4O. The van der Waals surface area contributed by atoms with Crippen molar-refractivity contribution < 1.29 is 4.79 Å². The molecule has 0 aromatic carbocycles. The number of azo groups is 1. The number of rotatable bonds is 0. The Kier molecular flexibility index (Phi) is 3.10. The van der Waals surface area contributed by atoms with E-state index in [9.17, 15) is 4.79 Å². The quantitative estimate of drug-likeness (QED) is 0.147. The van der Waals surface area contributed by atoms with Crippen LogP contribution in [0.3, 0.4) is 0 Å². The molecule has 0 heterocycles. The van der Waals surface area contributed by atoms with Crippen LogP contribution in [0, 0.1) is 12.5 Å². The van der Waals surface area contributed by atoms with Crippen molar-refractivity contribution in [2.75, 3.05) is 0 Å². The monoisotopic (exact) mass is 112 g/mol. The lowest BCUT2D eigenvalue weighted by molar-refractivity contribution is 0.248. The van der Waals surface area contributed by atoms with Crippen LogP contribution in [0.4, 0.5) is 4.79 Å². The largest absolute Gasteiger partial charge is 0.374 e. The standard InChI is InChI=1S/C3H4N4O/c1-2-5-7-3(8)6-4/h1H,4H2,(H,6,8). The Morgan fingerprint density at radius 1 is 1.88 bits per heavy atom. The summed E-state index contributed by atoms with van der Waals surface area (Å²) in [7, 11) is 0. The molecule has 2 amide bonds. The van der Waals surface area contributed by atoms with E-state index >= 15 is 0 Å². The highest BCUT2D eigenvalue weighted by Crippen LogP contribution is 1.70. The molecule has 5 nitrogen and oxygen atoms in total. The zero-order valence-corrected chi connectivity index (χ0v) is 3.96. The van der Waals surface area contributed by atoms with Crippen molar-refractivity contribution >= 4 is 6.03 Å². The van der Waals surface area contributed by atoms with Gasteiger partial charge in [-0.2, -0.15) is 0 Å². The molecule has 0 spiro atoms. The summed E-state index contributed by atoms with van der Waals surface area (Å²) < 4.78 is 0. The van der Waals surface area contributed by atoms with Gasteiger partial charge in [0.15, 0.2) is 0 Å². The second-order valence-electron chi connectivity index (χ2n) is 0.779. The van der Waals surface area contributed by atoms with Crippen LogP contribution in [0.5, 0.6) is 0 Å². The molecule has 0 aliphatic heterocycles. The summed E-state index contributed by atoms with van der Waals surface area (Å²) in [6, 6.07) is 1.01. The summed E-state index contributed by atoms with van der Waals surface area (Å²) in [5.74, 6) is 4.59. The molecule has 0 aliphatic carbocycles. The molecule has 8 heavy (non-hydrogen) atoms. The molecule has 0 aromatic rings. The molecule has 5 heteroatoms. The number of amides is 2. The third-order valence-corrected chi connectivity index (χ3v) is 0.322. The average molecular weight is 112 g/mol. The van der Waals surface area contributed by atoms with Gasteiger partial charge in [0.05, 0.1) is 6.04 Å². The number of nitrogens with two attached hydrogens (primary N) is 1. The highest BCUT2D eigenvalue weighted by atomic mass is 16.2. The number of hydrogen-bond acceptors (Lipinski definition) is 3. The van der Waals surface area contributed by atoms with Crippen molar-refractivity contribution in [3.05, 3.63) is 0 Å². The molecule has 0 aromatic heterocycles. The fraction of sp³-hybridized carbons (Fsp3) is 0. The van der Waals surface area contributed by atoms with Gasteiger partial charge in [0.2, 0.25) is 0 Å².